The first-order chi connectivity index (χ1) is 9.29. The molecule has 19 heavy (non-hydrogen) atoms. The lowest BCUT2D eigenvalue weighted by molar-refractivity contribution is -0.120. The van der Waals surface area contributed by atoms with E-state index in [0.29, 0.717) is 0 Å². The maximum atomic E-state index is 12.1. The van der Waals surface area contributed by atoms with Crippen molar-refractivity contribution in [2.24, 2.45) is 5.92 Å². The minimum Gasteiger partial charge on any atom is -0.326 e. The van der Waals surface area contributed by atoms with E-state index in [-0.39, 0.29) is 11.8 Å². The van der Waals surface area contributed by atoms with Crippen LogP contribution in [0.5, 0.6) is 0 Å². The summed E-state index contributed by atoms with van der Waals surface area (Å²) >= 11 is 0. The van der Waals surface area contributed by atoms with E-state index in [1.54, 1.807) is 0 Å². The lowest BCUT2D eigenvalue weighted by Gasteiger charge is -2.21. The lowest BCUT2D eigenvalue weighted by Crippen LogP contribution is -2.37. The van der Waals surface area contributed by atoms with Crippen molar-refractivity contribution in [2.75, 3.05) is 18.4 Å². The van der Waals surface area contributed by atoms with Gasteiger partial charge in [-0.2, -0.15) is 0 Å². The molecule has 3 nitrogen and oxygen atoms in total. The molecule has 2 N–H and O–H groups in total. The predicted molar refractivity (Wildman–Crippen MR) is 79.3 cm³/mol. The molecule has 1 unspecified atom stereocenters. The van der Waals surface area contributed by atoms with Crippen LogP contribution in [0.15, 0.2) is 24.3 Å². The summed E-state index contributed by atoms with van der Waals surface area (Å²) in [6.07, 6.45) is 5.64. The monoisotopic (exact) mass is 260 g/mol. The third kappa shape index (κ3) is 4.35. The number of unbranched alkanes of at least 4 members (excludes halogenated alkanes) is 1. The first-order valence-corrected chi connectivity index (χ1v) is 7.40. The van der Waals surface area contributed by atoms with Crippen molar-refractivity contribution in [1.29, 1.82) is 0 Å². The van der Waals surface area contributed by atoms with Crippen molar-refractivity contribution in [3.8, 4) is 0 Å². The highest BCUT2D eigenvalue weighted by Gasteiger charge is 2.20. The van der Waals surface area contributed by atoms with Gasteiger partial charge >= 0.3 is 0 Å². The van der Waals surface area contributed by atoms with E-state index in [9.17, 15) is 4.79 Å². The molecule has 1 atom stereocenters. The summed E-state index contributed by atoms with van der Waals surface area (Å²) in [6, 6.07) is 8.26. The molecule has 0 saturated carbocycles. The molecule has 1 aromatic rings. The number of hydrogen-bond donors (Lipinski definition) is 2. The Labute approximate surface area is 115 Å². The highest BCUT2D eigenvalue weighted by atomic mass is 16.1. The number of piperidine rings is 1. The molecule has 0 bridgehead atoms. The van der Waals surface area contributed by atoms with Crippen molar-refractivity contribution in [3.05, 3.63) is 29.8 Å². The summed E-state index contributed by atoms with van der Waals surface area (Å²) in [4.78, 5) is 12.1. The molecular weight excluding hydrogens is 236 g/mol. The number of benzene rings is 1. The maximum Gasteiger partial charge on any atom is 0.228 e. The molecule has 3 heteroatoms. The van der Waals surface area contributed by atoms with Gasteiger partial charge in [0.15, 0.2) is 0 Å². The number of anilines is 1. The van der Waals surface area contributed by atoms with E-state index in [1.807, 2.05) is 12.1 Å². The molecule has 1 aliphatic rings. The Morgan fingerprint density at radius 1 is 1.37 bits per heavy atom. The second kappa shape index (κ2) is 7.29. The molecule has 0 aromatic heterocycles. The fourth-order valence-corrected chi connectivity index (χ4v) is 2.46. The normalized spacial score (nSPS) is 19.1. The molecule has 104 valence electrons. The Morgan fingerprint density at radius 3 is 2.79 bits per heavy atom. The molecule has 1 aliphatic heterocycles. The van der Waals surface area contributed by atoms with Gasteiger partial charge in [0.2, 0.25) is 5.91 Å². The van der Waals surface area contributed by atoms with Crippen molar-refractivity contribution in [2.45, 2.75) is 39.0 Å². The van der Waals surface area contributed by atoms with Gasteiger partial charge in [-0.3, -0.25) is 4.79 Å². The quantitative estimate of drug-likeness (QED) is 0.854. The van der Waals surface area contributed by atoms with Gasteiger partial charge < -0.3 is 10.6 Å². The topological polar surface area (TPSA) is 41.1 Å². The zero-order valence-corrected chi connectivity index (χ0v) is 11.7. The maximum absolute atomic E-state index is 12.1. The molecule has 1 saturated heterocycles. The number of aryl methyl sites for hydroxylation is 1. The number of hydrogen-bond acceptors (Lipinski definition) is 2. The van der Waals surface area contributed by atoms with Crippen LogP contribution >= 0.6 is 0 Å². The van der Waals surface area contributed by atoms with Gasteiger partial charge in [0.05, 0.1) is 5.92 Å². The first-order valence-electron chi connectivity index (χ1n) is 7.40. The number of rotatable bonds is 5. The fourth-order valence-electron chi connectivity index (χ4n) is 2.46. The van der Waals surface area contributed by atoms with Crippen LogP contribution in [-0.4, -0.2) is 19.0 Å². The fraction of sp³-hybridized carbons (Fsp3) is 0.562. The lowest BCUT2D eigenvalue weighted by atomic mass is 9.98. The highest BCUT2D eigenvalue weighted by Crippen LogP contribution is 2.15. The van der Waals surface area contributed by atoms with Gasteiger partial charge in [0, 0.05) is 12.2 Å². The minimum atomic E-state index is 0.119. The van der Waals surface area contributed by atoms with E-state index < -0.39 is 0 Å². The number of nitrogens with one attached hydrogen (secondary N) is 2. The summed E-state index contributed by atoms with van der Waals surface area (Å²) in [6.45, 7) is 4.04. The van der Waals surface area contributed by atoms with Gasteiger partial charge in [0.1, 0.15) is 0 Å². The Morgan fingerprint density at radius 2 is 2.16 bits per heavy atom. The van der Waals surface area contributed by atoms with Crippen molar-refractivity contribution in [3.63, 3.8) is 0 Å². The first kappa shape index (κ1) is 14.1. The van der Waals surface area contributed by atoms with Crippen LogP contribution in [0.3, 0.4) is 0 Å². The largest absolute Gasteiger partial charge is 0.326 e. The van der Waals surface area contributed by atoms with Crippen molar-refractivity contribution < 1.29 is 4.79 Å². The Balaban J connectivity index is 1.86. The predicted octanol–water partition coefficient (Wildman–Crippen LogP) is 2.97. The smallest absolute Gasteiger partial charge is 0.228 e. The van der Waals surface area contributed by atoms with Crippen molar-refractivity contribution >= 4 is 11.6 Å². The van der Waals surface area contributed by atoms with Gasteiger partial charge in [-0.15, -0.1) is 0 Å². The van der Waals surface area contributed by atoms with E-state index in [1.165, 1.54) is 18.4 Å². The molecule has 0 radical (unpaired) electrons. The van der Waals surface area contributed by atoms with Crippen molar-refractivity contribution in [1.82, 2.24) is 5.32 Å². The Bertz CT molecular complexity index is 394. The third-order valence-electron chi connectivity index (χ3n) is 3.71. The van der Waals surface area contributed by atoms with Crippen LogP contribution in [0.2, 0.25) is 0 Å². The minimum absolute atomic E-state index is 0.119. The molecular formula is C16H24N2O. The van der Waals surface area contributed by atoms with E-state index in [2.05, 4.69) is 29.7 Å². The molecule has 0 spiro atoms. The van der Waals surface area contributed by atoms with E-state index in [4.69, 9.17) is 0 Å². The Kier molecular flexibility index (Phi) is 5.40. The van der Waals surface area contributed by atoms with E-state index in [0.717, 1.165) is 38.0 Å². The molecule has 1 aromatic carbocycles. The SMILES string of the molecule is CCCCc1ccc(NC(=O)C2CCCNC2)cc1. The second-order valence-electron chi connectivity index (χ2n) is 5.33. The van der Waals surface area contributed by atoms with Crippen LogP contribution in [0.4, 0.5) is 5.69 Å². The van der Waals surface area contributed by atoms with Crippen LogP contribution in [0.25, 0.3) is 0 Å². The second-order valence-corrected chi connectivity index (χ2v) is 5.33. The summed E-state index contributed by atoms with van der Waals surface area (Å²) in [7, 11) is 0. The zero-order valence-electron chi connectivity index (χ0n) is 11.7. The summed E-state index contributed by atoms with van der Waals surface area (Å²) in [5.41, 5.74) is 2.26. The average Bonchev–Trinajstić information content (AvgIpc) is 2.47. The van der Waals surface area contributed by atoms with Crippen LogP contribution in [0, 0.1) is 5.92 Å². The Hall–Kier alpha value is -1.35. The molecule has 2 rings (SSSR count). The van der Waals surface area contributed by atoms with E-state index >= 15 is 0 Å². The zero-order chi connectivity index (χ0) is 13.5. The number of carbonyl (C=O) groups is 1. The van der Waals surface area contributed by atoms with Crippen LogP contribution < -0.4 is 10.6 Å². The summed E-state index contributed by atoms with van der Waals surface area (Å²) in [5, 5.41) is 6.29. The molecule has 1 heterocycles. The van der Waals surface area contributed by atoms with Gasteiger partial charge in [0.25, 0.3) is 0 Å². The van der Waals surface area contributed by atoms with Crippen LogP contribution in [0.1, 0.15) is 38.2 Å². The van der Waals surface area contributed by atoms with Crippen LogP contribution in [-0.2, 0) is 11.2 Å². The number of amides is 1. The third-order valence-corrected chi connectivity index (χ3v) is 3.71. The standard InChI is InChI=1S/C16H24N2O/c1-2-3-5-13-7-9-15(10-8-13)18-16(19)14-6-4-11-17-12-14/h7-10,14,17H,2-6,11-12H2,1H3,(H,18,19). The van der Waals surface area contributed by atoms with Gasteiger partial charge in [-0.1, -0.05) is 25.5 Å². The molecule has 0 aliphatic carbocycles. The summed E-state index contributed by atoms with van der Waals surface area (Å²) < 4.78 is 0. The molecule has 1 amide bonds. The van der Waals surface area contributed by atoms with Gasteiger partial charge in [-0.25, -0.2) is 0 Å². The van der Waals surface area contributed by atoms with Gasteiger partial charge in [-0.05, 0) is 49.9 Å². The summed E-state index contributed by atoms with van der Waals surface area (Å²) in [5.74, 6) is 0.266. The average molecular weight is 260 g/mol. The highest BCUT2D eigenvalue weighted by molar-refractivity contribution is 5.92. The molecule has 1 fully saturated rings. The number of carbonyl (C=O) groups excluding carboxylic acids is 1.